The van der Waals surface area contributed by atoms with Gasteiger partial charge < -0.3 is 24.2 Å². The third-order valence-corrected chi connectivity index (χ3v) is 5.90. The monoisotopic (exact) mass is 377 g/mol. The van der Waals surface area contributed by atoms with Crippen molar-refractivity contribution >= 4 is 23.2 Å². The number of aromatic nitrogens is 1. The molecule has 0 radical (unpaired) electrons. The van der Waals surface area contributed by atoms with E-state index >= 15 is 0 Å². The highest BCUT2D eigenvalue weighted by Crippen LogP contribution is 2.42. The van der Waals surface area contributed by atoms with Crippen LogP contribution in [0.15, 0.2) is 28.1 Å². The number of nitrogens with zero attached hydrogens (tertiary/aromatic N) is 2. The topological polar surface area (TPSA) is 93.9 Å². The number of nitrogens with one attached hydrogen (secondary N) is 1. The number of fused-ring (bicyclic) bond motifs is 1. The Hall–Kier alpha value is -2.39. The molecule has 4 rings (SSSR count). The minimum Gasteiger partial charge on any atom is -0.479 e. The first-order chi connectivity index (χ1) is 12.6. The largest absolute Gasteiger partial charge is 0.479 e. The van der Waals surface area contributed by atoms with E-state index in [9.17, 15) is 9.59 Å². The summed E-state index contributed by atoms with van der Waals surface area (Å²) in [7, 11) is 1.45. The fourth-order valence-corrected chi connectivity index (χ4v) is 4.22. The maximum atomic E-state index is 12.9. The van der Waals surface area contributed by atoms with Crippen LogP contribution in [0.2, 0.25) is 0 Å². The Labute approximate surface area is 154 Å². The predicted molar refractivity (Wildman–Crippen MR) is 91.9 cm³/mol. The summed E-state index contributed by atoms with van der Waals surface area (Å²) in [5, 5.41) is 8.64. The van der Waals surface area contributed by atoms with Crippen molar-refractivity contribution in [3.8, 4) is 5.88 Å². The van der Waals surface area contributed by atoms with Crippen LogP contribution >= 0.6 is 11.3 Å². The van der Waals surface area contributed by atoms with E-state index in [1.54, 1.807) is 16.2 Å². The number of carbonyl (C=O) groups is 2. The lowest BCUT2D eigenvalue weighted by Gasteiger charge is -2.25. The zero-order valence-corrected chi connectivity index (χ0v) is 15.1. The van der Waals surface area contributed by atoms with Crippen molar-refractivity contribution in [1.82, 2.24) is 15.4 Å². The third-order valence-electron chi connectivity index (χ3n) is 5.03. The zero-order valence-electron chi connectivity index (χ0n) is 14.3. The Bertz CT molecular complexity index is 805. The van der Waals surface area contributed by atoms with Gasteiger partial charge in [-0.2, -0.15) is 0 Å². The number of amides is 2. The van der Waals surface area contributed by atoms with Crippen LogP contribution in [0.3, 0.4) is 0 Å². The van der Waals surface area contributed by atoms with Crippen molar-refractivity contribution < 1.29 is 23.6 Å². The van der Waals surface area contributed by atoms with Gasteiger partial charge in [0, 0.05) is 23.9 Å². The lowest BCUT2D eigenvalue weighted by atomic mass is 9.80. The molecular formula is C17H19N3O5S. The van der Waals surface area contributed by atoms with E-state index in [2.05, 4.69) is 10.5 Å². The minimum atomic E-state index is -0.711. The molecule has 2 aromatic heterocycles. The second-order valence-electron chi connectivity index (χ2n) is 6.55. The molecule has 9 heteroatoms. The van der Waals surface area contributed by atoms with Crippen LogP contribution in [-0.2, 0) is 16.1 Å². The van der Waals surface area contributed by atoms with Crippen molar-refractivity contribution in [2.45, 2.75) is 6.54 Å². The lowest BCUT2D eigenvalue weighted by Crippen LogP contribution is -2.46. The highest BCUT2D eigenvalue weighted by atomic mass is 32.1. The van der Waals surface area contributed by atoms with E-state index in [0.717, 1.165) is 4.88 Å². The number of likely N-dealkylation sites (tertiary alicyclic amines) is 1. The van der Waals surface area contributed by atoms with Gasteiger partial charge in [0.2, 0.25) is 11.7 Å². The Kier molecular flexibility index (Phi) is 4.41. The quantitative estimate of drug-likeness (QED) is 0.840. The van der Waals surface area contributed by atoms with Crippen LogP contribution in [-0.4, -0.2) is 55.3 Å². The molecule has 2 atom stereocenters. The summed E-state index contributed by atoms with van der Waals surface area (Å²) in [4.78, 5) is 28.3. The average Bonchev–Trinajstić information content (AvgIpc) is 3.42. The van der Waals surface area contributed by atoms with E-state index in [0.29, 0.717) is 32.8 Å². The number of hydrogen-bond acceptors (Lipinski definition) is 7. The van der Waals surface area contributed by atoms with Crippen molar-refractivity contribution in [3.05, 3.63) is 34.2 Å². The molecular weight excluding hydrogens is 358 g/mol. The molecule has 138 valence electrons. The molecule has 4 heterocycles. The van der Waals surface area contributed by atoms with Gasteiger partial charge >= 0.3 is 0 Å². The van der Waals surface area contributed by atoms with Gasteiger partial charge in [-0.1, -0.05) is 6.07 Å². The van der Waals surface area contributed by atoms with Gasteiger partial charge in [0.15, 0.2) is 0 Å². The van der Waals surface area contributed by atoms with E-state index in [1.807, 2.05) is 17.5 Å². The van der Waals surface area contributed by atoms with Gasteiger partial charge in [-0.15, -0.1) is 11.3 Å². The molecule has 0 aromatic carbocycles. The van der Waals surface area contributed by atoms with Crippen molar-refractivity contribution in [3.63, 3.8) is 0 Å². The number of carbonyl (C=O) groups excluding carboxylic acids is 2. The maximum absolute atomic E-state index is 12.9. The molecule has 0 bridgehead atoms. The number of methoxy groups -OCH3 is 1. The predicted octanol–water partition coefficient (Wildman–Crippen LogP) is 1.15. The Morgan fingerprint density at radius 1 is 1.54 bits per heavy atom. The molecule has 2 saturated heterocycles. The second-order valence-corrected chi connectivity index (χ2v) is 7.58. The molecule has 0 saturated carbocycles. The van der Waals surface area contributed by atoms with Crippen LogP contribution in [0, 0.1) is 11.3 Å². The molecule has 2 amide bonds. The molecule has 2 aliphatic rings. The first-order valence-electron chi connectivity index (χ1n) is 8.31. The van der Waals surface area contributed by atoms with E-state index < -0.39 is 5.41 Å². The molecule has 2 aromatic rings. The molecule has 2 fully saturated rings. The molecule has 0 unspecified atom stereocenters. The summed E-state index contributed by atoms with van der Waals surface area (Å²) in [6.07, 6.45) is 0. The number of hydrogen-bond donors (Lipinski definition) is 1. The van der Waals surface area contributed by atoms with Gasteiger partial charge in [0.05, 0.1) is 38.3 Å². The molecule has 0 spiro atoms. The normalized spacial score (nSPS) is 24.5. The standard InChI is InChI=1S/C17H19N3O5S/c1-23-14-5-13(25-19-14)15(21)20-7-11-8-24-10-17(11,9-20)16(22)18-6-12-3-2-4-26-12/h2-5,11H,6-10H2,1H3,(H,18,22)/t11-,17-/m1/s1. The summed E-state index contributed by atoms with van der Waals surface area (Å²) in [6.45, 7) is 2.02. The van der Waals surface area contributed by atoms with Gasteiger partial charge in [0.1, 0.15) is 0 Å². The van der Waals surface area contributed by atoms with E-state index in [1.165, 1.54) is 13.2 Å². The van der Waals surface area contributed by atoms with E-state index in [-0.39, 0.29) is 29.4 Å². The van der Waals surface area contributed by atoms with Crippen molar-refractivity contribution in [2.75, 3.05) is 33.4 Å². The number of thiophene rings is 1. The SMILES string of the molecule is COc1cc(C(=O)N2C[C@@H]3COC[C@]3(C(=O)NCc3cccs3)C2)on1. The lowest BCUT2D eigenvalue weighted by molar-refractivity contribution is -0.131. The van der Waals surface area contributed by atoms with Crippen LogP contribution in [0.1, 0.15) is 15.4 Å². The summed E-state index contributed by atoms with van der Waals surface area (Å²) in [5.74, 6) is -0.0320. The van der Waals surface area contributed by atoms with Gasteiger partial charge in [-0.3, -0.25) is 9.59 Å². The van der Waals surface area contributed by atoms with Crippen LogP contribution < -0.4 is 10.1 Å². The summed E-state index contributed by atoms with van der Waals surface area (Å²) in [6, 6.07) is 5.39. The third kappa shape index (κ3) is 2.86. The Morgan fingerprint density at radius 3 is 3.15 bits per heavy atom. The average molecular weight is 377 g/mol. The smallest absolute Gasteiger partial charge is 0.292 e. The van der Waals surface area contributed by atoms with Crippen LogP contribution in [0.5, 0.6) is 5.88 Å². The fraction of sp³-hybridized carbons (Fsp3) is 0.471. The summed E-state index contributed by atoms with van der Waals surface area (Å²) < 4.78 is 15.6. The summed E-state index contributed by atoms with van der Waals surface area (Å²) in [5.41, 5.74) is -0.711. The molecule has 8 nitrogen and oxygen atoms in total. The highest BCUT2D eigenvalue weighted by Gasteiger charge is 2.57. The molecule has 1 N–H and O–H groups in total. The van der Waals surface area contributed by atoms with Crippen molar-refractivity contribution in [1.29, 1.82) is 0 Å². The van der Waals surface area contributed by atoms with Gasteiger partial charge in [-0.05, 0) is 16.6 Å². The number of ether oxygens (including phenoxy) is 2. The fourth-order valence-electron chi connectivity index (χ4n) is 3.58. The minimum absolute atomic E-state index is 0.0281. The van der Waals surface area contributed by atoms with E-state index in [4.69, 9.17) is 14.0 Å². The first-order valence-corrected chi connectivity index (χ1v) is 9.19. The first kappa shape index (κ1) is 17.0. The Morgan fingerprint density at radius 2 is 2.42 bits per heavy atom. The highest BCUT2D eigenvalue weighted by molar-refractivity contribution is 7.09. The number of rotatable bonds is 5. The van der Waals surface area contributed by atoms with Crippen LogP contribution in [0.4, 0.5) is 0 Å². The van der Waals surface area contributed by atoms with Gasteiger partial charge in [-0.25, -0.2) is 0 Å². The van der Waals surface area contributed by atoms with Crippen LogP contribution in [0.25, 0.3) is 0 Å². The van der Waals surface area contributed by atoms with Gasteiger partial charge in [0.25, 0.3) is 11.8 Å². The Balaban J connectivity index is 1.47. The molecule has 2 aliphatic heterocycles. The zero-order chi connectivity index (χ0) is 18.1. The second kappa shape index (κ2) is 6.73. The maximum Gasteiger partial charge on any atom is 0.292 e. The summed E-state index contributed by atoms with van der Waals surface area (Å²) >= 11 is 1.60. The molecule has 0 aliphatic carbocycles. The van der Waals surface area contributed by atoms with Crippen molar-refractivity contribution in [2.24, 2.45) is 11.3 Å². The molecule has 26 heavy (non-hydrogen) atoms.